The third-order valence-corrected chi connectivity index (χ3v) is 3.02. The molecule has 98 valence electrons. The molecule has 0 fully saturated rings. The number of H-pyrrole nitrogens is 1. The number of nitrogens with one attached hydrogen (secondary N) is 2. The summed E-state index contributed by atoms with van der Waals surface area (Å²) in [4.78, 5) is 0. The van der Waals surface area contributed by atoms with Gasteiger partial charge in [-0.25, -0.2) is 0 Å². The molecule has 18 heavy (non-hydrogen) atoms. The fraction of sp³-hybridized carbons (Fsp3) is 0.500. The molecule has 6 heteroatoms. The lowest BCUT2D eigenvalue weighted by atomic mass is 10.2. The van der Waals surface area contributed by atoms with Crippen molar-refractivity contribution in [1.82, 2.24) is 20.0 Å². The smallest absolute Gasteiger partial charge is 0.148 e. The first-order valence-corrected chi connectivity index (χ1v) is 6.20. The van der Waals surface area contributed by atoms with Crippen LogP contribution in [0, 0.1) is 0 Å². The second kappa shape index (κ2) is 5.12. The fourth-order valence-electron chi connectivity index (χ4n) is 1.97. The number of rotatable bonds is 5. The van der Waals surface area contributed by atoms with Crippen LogP contribution in [0.1, 0.15) is 37.6 Å². The minimum Gasteiger partial charge on any atom is -0.394 e. The van der Waals surface area contributed by atoms with Crippen molar-refractivity contribution >= 4 is 11.5 Å². The SMILES string of the molecule is CCCc1nn(C)c(NC(C)c2cn[nH]c2)c1N. The van der Waals surface area contributed by atoms with E-state index in [1.54, 1.807) is 10.9 Å². The summed E-state index contributed by atoms with van der Waals surface area (Å²) < 4.78 is 1.80. The Morgan fingerprint density at radius 3 is 2.94 bits per heavy atom. The number of hydrogen-bond acceptors (Lipinski definition) is 4. The van der Waals surface area contributed by atoms with Gasteiger partial charge in [-0.15, -0.1) is 0 Å². The van der Waals surface area contributed by atoms with E-state index in [4.69, 9.17) is 5.73 Å². The molecule has 0 aliphatic heterocycles. The highest BCUT2D eigenvalue weighted by molar-refractivity contribution is 5.65. The highest BCUT2D eigenvalue weighted by atomic mass is 15.3. The first-order chi connectivity index (χ1) is 8.63. The minimum absolute atomic E-state index is 0.135. The molecule has 0 amide bonds. The molecule has 0 spiro atoms. The molecule has 0 saturated heterocycles. The van der Waals surface area contributed by atoms with Gasteiger partial charge in [0.25, 0.3) is 0 Å². The Kier molecular flexibility index (Phi) is 3.55. The van der Waals surface area contributed by atoms with Crippen LogP contribution in [-0.2, 0) is 13.5 Å². The van der Waals surface area contributed by atoms with Gasteiger partial charge in [-0.05, 0) is 13.3 Å². The van der Waals surface area contributed by atoms with Crippen molar-refractivity contribution in [3.8, 4) is 0 Å². The van der Waals surface area contributed by atoms with Gasteiger partial charge in [-0.1, -0.05) is 13.3 Å². The third-order valence-electron chi connectivity index (χ3n) is 3.02. The van der Waals surface area contributed by atoms with Crippen molar-refractivity contribution in [2.75, 3.05) is 11.1 Å². The van der Waals surface area contributed by atoms with E-state index in [0.717, 1.165) is 35.6 Å². The Hall–Kier alpha value is -1.98. The molecular formula is C12H20N6. The lowest BCUT2D eigenvalue weighted by Gasteiger charge is -2.14. The zero-order valence-corrected chi connectivity index (χ0v) is 11.1. The fourth-order valence-corrected chi connectivity index (χ4v) is 1.97. The van der Waals surface area contributed by atoms with E-state index in [-0.39, 0.29) is 6.04 Å². The van der Waals surface area contributed by atoms with Gasteiger partial charge < -0.3 is 11.1 Å². The molecular weight excluding hydrogens is 228 g/mol. The zero-order valence-electron chi connectivity index (χ0n) is 11.1. The first kappa shape index (κ1) is 12.5. The molecule has 2 heterocycles. The summed E-state index contributed by atoms with van der Waals surface area (Å²) in [7, 11) is 1.90. The number of nitrogens with two attached hydrogens (primary N) is 1. The third kappa shape index (κ3) is 2.32. The Labute approximate surface area is 107 Å². The Morgan fingerprint density at radius 1 is 1.56 bits per heavy atom. The van der Waals surface area contributed by atoms with Gasteiger partial charge in [0.05, 0.1) is 23.6 Å². The average molecular weight is 248 g/mol. The van der Waals surface area contributed by atoms with E-state index < -0.39 is 0 Å². The van der Waals surface area contributed by atoms with Crippen LogP contribution in [0.15, 0.2) is 12.4 Å². The van der Waals surface area contributed by atoms with Gasteiger partial charge in [-0.2, -0.15) is 10.2 Å². The molecule has 2 aromatic rings. The number of anilines is 2. The second-order valence-electron chi connectivity index (χ2n) is 4.48. The molecule has 0 bridgehead atoms. The van der Waals surface area contributed by atoms with E-state index in [1.165, 1.54) is 0 Å². The van der Waals surface area contributed by atoms with Crippen LogP contribution in [0.4, 0.5) is 11.5 Å². The van der Waals surface area contributed by atoms with Crippen LogP contribution in [0.25, 0.3) is 0 Å². The van der Waals surface area contributed by atoms with Crippen LogP contribution in [0.2, 0.25) is 0 Å². The quantitative estimate of drug-likeness (QED) is 0.754. The predicted molar refractivity (Wildman–Crippen MR) is 72.2 cm³/mol. The maximum Gasteiger partial charge on any atom is 0.148 e. The summed E-state index contributed by atoms with van der Waals surface area (Å²) in [5.74, 6) is 0.868. The number of nitrogens with zero attached hydrogens (tertiary/aromatic N) is 3. The summed E-state index contributed by atoms with van der Waals surface area (Å²) >= 11 is 0. The predicted octanol–water partition coefficient (Wildman–Crippen LogP) is 1.85. The van der Waals surface area contributed by atoms with Gasteiger partial charge in [0, 0.05) is 18.8 Å². The Morgan fingerprint density at radius 2 is 2.33 bits per heavy atom. The first-order valence-electron chi connectivity index (χ1n) is 6.20. The number of aryl methyl sites for hydroxylation is 2. The highest BCUT2D eigenvalue weighted by Gasteiger charge is 2.15. The molecule has 4 N–H and O–H groups in total. The van der Waals surface area contributed by atoms with Gasteiger partial charge in [0.2, 0.25) is 0 Å². The molecule has 0 radical (unpaired) electrons. The molecule has 0 saturated carbocycles. The van der Waals surface area contributed by atoms with E-state index in [9.17, 15) is 0 Å². The number of nitrogen functional groups attached to an aromatic ring is 1. The molecule has 1 unspecified atom stereocenters. The van der Waals surface area contributed by atoms with Crippen molar-refractivity contribution in [2.45, 2.75) is 32.7 Å². The Balaban J connectivity index is 2.18. The molecule has 2 aromatic heterocycles. The van der Waals surface area contributed by atoms with Gasteiger partial charge in [-0.3, -0.25) is 9.78 Å². The summed E-state index contributed by atoms with van der Waals surface area (Å²) in [6.45, 7) is 4.19. The lowest BCUT2D eigenvalue weighted by molar-refractivity contribution is 0.725. The Bertz CT molecular complexity index is 499. The molecule has 0 aliphatic rings. The summed E-state index contributed by atoms with van der Waals surface area (Å²) in [5.41, 5.74) is 8.92. The topological polar surface area (TPSA) is 84.5 Å². The molecule has 0 aliphatic carbocycles. The molecule has 0 aromatic carbocycles. The second-order valence-corrected chi connectivity index (χ2v) is 4.48. The number of aromatic nitrogens is 4. The maximum absolute atomic E-state index is 6.12. The van der Waals surface area contributed by atoms with Gasteiger partial charge in [0.1, 0.15) is 5.82 Å². The highest BCUT2D eigenvalue weighted by Crippen LogP contribution is 2.26. The molecule has 2 rings (SSSR count). The summed E-state index contributed by atoms with van der Waals surface area (Å²) in [5, 5.41) is 14.6. The van der Waals surface area contributed by atoms with Gasteiger partial charge in [0.15, 0.2) is 0 Å². The average Bonchev–Trinajstić information content (AvgIpc) is 2.94. The summed E-state index contributed by atoms with van der Waals surface area (Å²) in [6.07, 6.45) is 5.62. The number of hydrogen-bond donors (Lipinski definition) is 3. The van der Waals surface area contributed by atoms with E-state index in [2.05, 4.69) is 34.5 Å². The largest absolute Gasteiger partial charge is 0.394 e. The van der Waals surface area contributed by atoms with Crippen molar-refractivity contribution in [3.63, 3.8) is 0 Å². The molecule has 1 atom stereocenters. The van der Waals surface area contributed by atoms with Crippen LogP contribution < -0.4 is 11.1 Å². The van der Waals surface area contributed by atoms with Crippen molar-refractivity contribution in [2.24, 2.45) is 7.05 Å². The standard InChI is InChI=1S/C12H20N6/c1-4-5-10-11(13)12(18(3)17-10)16-8(2)9-6-14-15-7-9/h6-8,16H,4-5,13H2,1-3H3,(H,14,15). The van der Waals surface area contributed by atoms with Crippen molar-refractivity contribution in [3.05, 3.63) is 23.7 Å². The van der Waals surface area contributed by atoms with E-state index in [1.807, 2.05) is 13.2 Å². The van der Waals surface area contributed by atoms with Crippen LogP contribution in [-0.4, -0.2) is 20.0 Å². The van der Waals surface area contributed by atoms with Crippen LogP contribution in [0.3, 0.4) is 0 Å². The zero-order chi connectivity index (χ0) is 13.1. The van der Waals surface area contributed by atoms with Crippen LogP contribution >= 0.6 is 0 Å². The van der Waals surface area contributed by atoms with Gasteiger partial charge >= 0.3 is 0 Å². The lowest BCUT2D eigenvalue weighted by Crippen LogP contribution is -2.10. The maximum atomic E-state index is 6.12. The molecule has 6 nitrogen and oxygen atoms in total. The van der Waals surface area contributed by atoms with Crippen LogP contribution in [0.5, 0.6) is 0 Å². The van der Waals surface area contributed by atoms with Crippen molar-refractivity contribution < 1.29 is 0 Å². The normalized spacial score (nSPS) is 12.6. The minimum atomic E-state index is 0.135. The van der Waals surface area contributed by atoms with E-state index >= 15 is 0 Å². The number of aromatic amines is 1. The summed E-state index contributed by atoms with van der Waals surface area (Å²) in [6, 6.07) is 0.135. The van der Waals surface area contributed by atoms with E-state index in [0.29, 0.717) is 0 Å². The monoisotopic (exact) mass is 248 g/mol. The van der Waals surface area contributed by atoms with Crippen molar-refractivity contribution in [1.29, 1.82) is 0 Å².